The quantitative estimate of drug-likeness (QED) is 0.437. The van der Waals surface area contributed by atoms with Crippen molar-refractivity contribution in [1.29, 1.82) is 0 Å². The van der Waals surface area contributed by atoms with Crippen LogP contribution in [0.1, 0.15) is 13.8 Å². The van der Waals surface area contributed by atoms with E-state index in [4.69, 9.17) is 0 Å². The van der Waals surface area contributed by atoms with E-state index in [-0.39, 0.29) is 0 Å². The van der Waals surface area contributed by atoms with Crippen LogP contribution in [-0.2, 0) is 0 Å². The van der Waals surface area contributed by atoms with Crippen LogP contribution >= 0.6 is 0 Å². The molecule has 1 fully saturated rings. The van der Waals surface area contributed by atoms with Crippen molar-refractivity contribution in [2.75, 3.05) is 0 Å². The maximum Gasteiger partial charge on any atom is 0.324 e. The molecule has 4 amide bonds. The van der Waals surface area contributed by atoms with E-state index >= 15 is 0 Å². The summed E-state index contributed by atoms with van der Waals surface area (Å²) in [5, 5.41) is 7.04. The molecule has 0 spiro atoms. The first-order valence-electron chi connectivity index (χ1n) is 2.91. The summed E-state index contributed by atoms with van der Waals surface area (Å²) >= 11 is 0. The molecule has 3 N–H and O–H groups in total. The molecule has 0 radical (unpaired) electrons. The lowest BCUT2D eigenvalue weighted by molar-refractivity contribution is 0.194. The minimum Gasteiger partial charge on any atom is -0.315 e. The lowest BCUT2D eigenvalue weighted by Gasteiger charge is -2.31. The van der Waals surface area contributed by atoms with Crippen LogP contribution in [0.15, 0.2) is 0 Å². The fourth-order valence-corrected chi connectivity index (χ4v) is 0.765. The zero-order chi connectivity index (χ0) is 7.78. The van der Waals surface area contributed by atoms with Gasteiger partial charge in [-0.3, -0.25) is 5.32 Å². The van der Waals surface area contributed by atoms with Gasteiger partial charge in [-0.1, -0.05) is 0 Å². The molecular weight excluding hydrogens is 134 g/mol. The van der Waals surface area contributed by atoms with E-state index in [1.165, 1.54) is 0 Å². The maximum atomic E-state index is 10.6. The fourth-order valence-electron chi connectivity index (χ4n) is 0.765. The second-order valence-electron chi connectivity index (χ2n) is 2.66. The van der Waals surface area contributed by atoms with Crippen LogP contribution in [0.25, 0.3) is 0 Å². The summed E-state index contributed by atoms with van der Waals surface area (Å²) in [5.41, 5.74) is -0.639. The Bertz CT molecular complexity index is 169. The van der Waals surface area contributed by atoms with Crippen LogP contribution in [-0.4, -0.2) is 17.7 Å². The van der Waals surface area contributed by atoms with Gasteiger partial charge >= 0.3 is 12.1 Å². The van der Waals surface area contributed by atoms with Gasteiger partial charge in [0.05, 0.1) is 0 Å². The molecule has 5 nitrogen and oxygen atoms in total. The Hall–Kier alpha value is -1.26. The van der Waals surface area contributed by atoms with Gasteiger partial charge in [0.15, 0.2) is 0 Å². The van der Waals surface area contributed by atoms with Crippen LogP contribution in [0.4, 0.5) is 9.59 Å². The maximum absolute atomic E-state index is 10.6. The van der Waals surface area contributed by atoms with Gasteiger partial charge in [0.2, 0.25) is 0 Å². The van der Waals surface area contributed by atoms with Gasteiger partial charge in [-0.15, -0.1) is 0 Å². The van der Waals surface area contributed by atoms with Crippen molar-refractivity contribution >= 4 is 12.1 Å². The van der Waals surface area contributed by atoms with Gasteiger partial charge in [-0.2, -0.15) is 0 Å². The Morgan fingerprint density at radius 1 is 1.10 bits per heavy atom. The molecule has 0 bridgehead atoms. The molecule has 0 unspecified atom stereocenters. The first kappa shape index (κ1) is 6.85. The van der Waals surface area contributed by atoms with Crippen LogP contribution in [0.3, 0.4) is 0 Å². The first-order valence-corrected chi connectivity index (χ1v) is 2.91. The average Bonchev–Trinajstić information content (AvgIpc) is 1.54. The van der Waals surface area contributed by atoms with Crippen LogP contribution in [0, 0.1) is 0 Å². The Balaban J connectivity index is 2.68. The van der Waals surface area contributed by atoms with Crippen molar-refractivity contribution in [1.82, 2.24) is 16.0 Å². The topological polar surface area (TPSA) is 70.2 Å². The number of amides is 4. The summed E-state index contributed by atoms with van der Waals surface area (Å²) in [6.45, 7) is 3.40. The highest BCUT2D eigenvalue weighted by atomic mass is 16.2. The number of urea groups is 2. The molecule has 5 heteroatoms. The molecule has 0 saturated carbocycles. The van der Waals surface area contributed by atoms with E-state index < -0.39 is 17.7 Å². The molecule has 1 saturated heterocycles. The minimum atomic E-state index is -0.639. The van der Waals surface area contributed by atoms with Gasteiger partial charge in [-0.25, -0.2) is 9.59 Å². The largest absolute Gasteiger partial charge is 0.324 e. The zero-order valence-electron chi connectivity index (χ0n) is 5.82. The Kier molecular flexibility index (Phi) is 1.28. The second-order valence-corrected chi connectivity index (χ2v) is 2.66. The molecule has 0 aromatic heterocycles. The molecule has 0 aliphatic carbocycles. The molecule has 1 aliphatic rings. The number of carbonyl (C=O) groups excluding carboxylic acids is 2. The molecule has 10 heavy (non-hydrogen) atoms. The summed E-state index contributed by atoms with van der Waals surface area (Å²) in [6, 6.07) is -0.928. The molecular formula is C5H9N3O2. The third-order valence-corrected chi connectivity index (χ3v) is 1.08. The van der Waals surface area contributed by atoms with E-state index in [0.29, 0.717) is 0 Å². The van der Waals surface area contributed by atoms with E-state index in [1.54, 1.807) is 13.8 Å². The van der Waals surface area contributed by atoms with Crippen LogP contribution < -0.4 is 16.0 Å². The second kappa shape index (κ2) is 1.86. The van der Waals surface area contributed by atoms with E-state index in [0.717, 1.165) is 0 Å². The zero-order valence-corrected chi connectivity index (χ0v) is 5.82. The highest BCUT2D eigenvalue weighted by Crippen LogP contribution is 1.98. The molecule has 0 atom stereocenters. The van der Waals surface area contributed by atoms with E-state index in [9.17, 15) is 9.59 Å². The summed E-state index contributed by atoms with van der Waals surface area (Å²) < 4.78 is 0. The summed E-state index contributed by atoms with van der Waals surface area (Å²) in [5.74, 6) is 0. The highest BCUT2D eigenvalue weighted by molar-refractivity contribution is 5.96. The van der Waals surface area contributed by atoms with Gasteiger partial charge < -0.3 is 10.6 Å². The van der Waals surface area contributed by atoms with E-state index in [2.05, 4.69) is 10.6 Å². The standard InChI is InChI=1S/C5H9N3O2/c1-5(2)7-3(9)6-4(10)8-5/h1-2H3,(H3,6,7,8,9,10). The number of hydrogen-bond acceptors (Lipinski definition) is 2. The third-order valence-electron chi connectivity index (χ3n) is 1.08. The Morgan fingerprint density at radius 2 is 1.50 bits per heavy atom. The minimum absolute atomic E-state index is 0.464. The number of hydrogen-bond donors (Lipinski definition) is 3. The third kappa shape index (κ3) is 1.37. The van der Waals surface area contributed by atoms with Crippen LogP contribution in [0.2, 0.25) is 0 Å². The van der Waals surface area contributed by atoms with Crippen molar-refractivity contribution in [3.63, 3.8) is 0 Å². The summed E-state index contributed by atoms with van der Waals surface area (Å²) in [4.78, 5) is 21.2. The molecule has 1 aliphatic heterocycles. The predicted octanol–water partition coefficient (Wildman–Crippen LogP) is -0.255. The van der Waals surface area contributed by atoms with Gasteiger partial charge in [0.1, 0.15) is 5.66 Å². The van der Waals surface area contributed by atoms with Gasteiger partial charge in [0, 0.05) is 0 Å². The van der Waals surface area contributed by atoms with Gasteiger partial charge in [0.25, 0.3) is 0 Å². The number of carbonyl (C=O) groups is 2. The molecule has 1 rings (SSSR count). The number of nitrogens with one attached hydrogen (secondary N) is 3. The molecule has 0 aromatic rings. The Morgan fingerprint density at radius 3 is 1.80 bits per heavy atom. The van der Waals surface area contributed by atoms with Crippen molar-refractivity contribution in [3.05, 3.63) is 0 Å². The van der Waals surface area contributed by atoms with Crippen molar-refractivity contribution in [2.24, 2.45) is 0 Å². The van der Waals surface area contributed by atoms with Crippen molar-refractivity contribution in [2.45, 2.75) is 19.5 Å². The average molecular weight is 143 g/mol. The molecule has 1 heterocycles. The van der Waals surface area contributed by atoms with Crippen LogP contribution in [0.5, 0.6) is 0 Å². The SMILES string of the molecule is CC1(C)NC(=O)NC(=O)N1. The van der Waals surface area contributed by atoms with E-state index in [1.807, 2.05) is 5.32 Å². The normalized spacial score (nSPS) is 22.6. The smallest absolute Gasteiger partial charge is 0.315 e. The monoisotopic (exact) mass is 143 g/mol. The lowest BCUT2D eigenvalue weighted by atomic mass is 10.2. The van der Waals surface area contributed by atoms with Crippen molar-refractivity contribution in [3.8, 4) is 0 Å². The summed E-state index contributed by atoms with van der Waals surface area (Å²) in [6.07, 6.45) is 0. The molecule has 0 aromatic carbocycles. The fraction of sp³-hybridized carbons (Fsp3) is 0.600. The lowest BCUT2D eigenvalue weighted by Crippen LogP contribution is -2.67. The number of imide groups is 1. The Labute approximate surface area is 58.2 Å². The predicted molar refractivity (Wildman–Crippen MR) is 34.3 cm³/mol. The number of rotatable bonds is 0. The first-order chi connectivity index (χ1) is 4.49. The van der Waals surface area contributed by atoms with Gasteiger partial charge in [-0.05, 0) is 13.8 Å². The highest BCUT2D eigenvalue weighted by Gasteiger charge is 2.28. The van der Waals surface area contributed by atoms with Crippen molar-refractivity contribution < 1.29 is 9.59 Å². The molecule has 56 valence electrons. The summed E-state index contributed by atoms with van der Waals surface area (Å²) in [7, 11) is 0.